The van der Waals surface area contributed by atoms with E-state index in [2.05, 4.69) is 94.1 Å². The summed E-state index contributed by atoms with van der Waals surface area (Å²) in [4.78, 5) is 201. The van der Waals surface area contributed by atoms with Crippen molar-refractivity contribution in [3.8, 4) is 0 Å². The van der Waals surface area contributed by atoms with Crippen LogP contribution in [0.2, 0.25) is 0 Å². The van der Waals surface area contributed by atoms with Crippen molar-refractivity contribution in [2.24, 2.45) is 22.2 Å². The molecule has 34 nitrogen and oxygen atoms in total. The van der Waals surface area contributed by atoms with E-state index in [4.69, 9.17) is 17.2 Å². The molecule has 21 N–H and O–H groups in total. The number of nitrogens with zero attached hydrogens (tertiary/aromatic N) is 1. The number of rotatable bonds is 45. The van der Waals surface area contributed by atoms with E-state index in [0.29, 0.717) is 5.56 Å². The lowest BCUT2D eigenvalue weighted by Crippen LogP contribution is -2.60. The number of aliphatic carboxylic acids is 3. The lowest BCUT2D eigenvalue weighted by molar-refractivity contribution is -0.141. The van der Waals surface area contributed by atoms with Crippen LogP contribution >= 0.6 is 48.8 Å². The minimum absolute atomic E-state index is 0.00585. The maximum Gasteiger partial charge on any atom is 0.322 e. The molecule has 534 valence electrons. The summed E-state index contributed by atoms with van der Waals surface area (Å²) in [6, 6.07) is 11.6. The molecule has 0 radical (unpaired) electrons. The van der Waals surface area contributed by atoms with E-state index in [1.807, 2.05) is 0 Å². The zero-order chi connectivity index (χ0) is 72.7. The van der Waals surface area contributed by atoms with Gasteiger partial charge in [0.2, 0.25) is 70.9 Å². The quantitative estimate of drug-likeness (QED) is 0.00826. The Labute approximate surface area is 582 Å². The number of carbonyl (C=O) groups is 15. The van der Waals surface area contributed by atoms with Gasteiger partial charge in [-0.1, -0.05) is 91.0 Å². The molecule has 0 fully saturated rings. The molecule has 0 aliphatic carbocycles. The Kier molecular flexibility index (Phi) is 37.9. The standard InChI is InChI=1S/C60H82N16O18S4/c1-33(61)51(86)75-44(30-98-32-68-46(78)22-36-16-9-4-10-17-36)59(94)72-40(24-49(82)83)56(91)74-41(27-95)57(92)70-37(18-11-19-64-60(62)63)52(87)65-25-47(79)69-39(23-48(80)81)55(90)73-42(28-96)58(93)71-38(20-34-12-5-2-6-13-34)54(89)76-43(53(88)66-26-50(84)85)29-97-31-67-45(77)21-35-14-7-3-8-15-35/h2-10,12-17,33,37-44,95-96H,11,18-32,61H2,1H3,(H,65,87)(H,66,88)(H,67,77)(H,68,78)(H,69,79)(H,70,92)(H,71,93)(H,72,94)(H,73,90)(H,74,91)(H,75,86)(H,76,89)(H,80,81)(H,82,83)(H,84,85)(H4,62,63,64)/t33-,37-,38-,39-,40-,41-,42-,43-,44-/m0/s1. The van der Waals surface area contributed by atoms with Crippen LogP contribution < -0.4 is 81.0 Å². The Morgan fingerprint density at radius 1 is 0.429 bits per heavy atom. The van der Waals surface area contributed by atoms with E-state index >= 15 is 0 Å². The maximum atomic E-state index is 14.1. The van der Waals surface area contributed by atoms with Gasteiger partial charge in [-0.3, -0.25) is 76.9 Å². The summed E-state index contributed by atoms with van der Waals surface area (Å²) in [5, 5.41) is 57.4. The van der Waals surface area contributed by atoms with E-state index in [-0.39, 0.29) is 79.7 Å². The fourth-order valence-electron chi connectivity index (χ4n) is 8.42. The van der Waals surface area contributed by atoms with E-state index < -0.39 is 169 Å². The average Bonchev–Trinajstić information content (AvgIpc) is 0.896. The summed E-state index contributed by atoms with van der Waals surface area (Å²) in [6.07, 6.45) is -2.51. The minimum atomic E-state index is -1.95. The second kappa shape index (κ2) is 45.0. The number of guanidine groups is 1. The second-order valence-corrected chi connectivity index (χ2v) is 24.2. The van der Waals surface area contributed by atoms with Gasteiger partial charge in [-0.2, -0.15) is 25.3 Å². The third-order valence-corrected chi connectivity index (χ3v) is 16.0. The number of aliphatic imine (C=N–C) groups is 1. The van der Waals surface area contributed by atoms with Gasteiger partial charge in [0.1, 0.15) is 54.9 Å². The van der Waals surface area contributed by atoms with Gasteiger partial charge in [0, 0.05) is 36.0 Å². The third kappa shape index (κ3) is 33.3. The number of thioether (sulfide) groups is 2. The van der Waals surface area contributed by atoms with Gasteiger partial charge in [-0.05, 0) is 36.5 Å². The molecule has 0 unspecified atom stereocenters. The van der Waals surface area contributed by atoms with Crippen LogP contribution in [0.3, 0.4) is 0 Å². The van der Waals surface area contributed by atoms with Gasteiger partial charge in [-0.25, -0.2) is 0 Å². The summed E-state index contributed by atoms with van der Waals surface area (Å²) < 4.78 is 0. The fourth-order valence-corrected chi connectivity index (χ4v) is 10.6. The lowest BCUT2D eigenvalue weighted by Gasteiger charge is -2.26. The van der Waals surface area contributed by atoms with E-state index in [1.165, 1.54) is 6.92 Å². The first-order valence-electron chi connectivity index (χ1n) is 30.0. The van der Waals surface area contributed by atoms with Gasteiger partial charge < -0.3 is 96.3 Å². The van der Waals surface area contributed by atoms with Crippen LogP contribution in [0.25, 0.3) is 0 Å². The van der Waals surface area contributed by atoms with E-state index in [1.54, 1.807) is 91.0 Å². The first-order chi connectivity index (χ1) is 46.6. The largest absolute Gasteiger partial charge is 0.481 e. The van der Waals surface area contributed by atoms with E-state index in [0.717, 1.165) is 34.7 Å². The molecule has 0 spiro atoms. The molecule has 0 heterocycles. The molecule has 0 aliphatic rings. The Morgan fingerprint density at radius 3 is 1.24 bits per heavy atom. The molecule has 3 aromatic rings. The Morgan fingerprint density at radius 2 is 0.796 bits per heavy atom. The van der Waals surface area contributed by atoms with E-state index in [9.17, 15) is 87.2 Å². The number of hydrogen-bond donors (Lipinski definition) is 20. The first-order valence-corrected chi connectivity index (χ1v) is 33.6. The van der Waals surface area contributed by atoms with Gasteiger partial charge in [-0.15, -0.1) is 23.5 Å². The molecule has 0 saturated carbocycles. The first kappa shape index (κ1) is 82.6. The van der Waals surface area contributed by atoms with Gasteiger partial charge in [0.25, 0.3) is 0 Å². The smallest absolute Gasteiger partial charge is 0.322 e. The van der Waals surface area contributed by atoms with Crippen LogP contribution in [-0.4, -0.2) is 219 Å². The number of carboxylic acid groups (broad SMARTS) is 3. The summed E-state index contributed by atoms with van der Waals surface area (Å²) in [7, 11) is 0. The molecule has 12 amide bonds. The molecular formula is C60H82N16O18S4. The van der Waals surface area contributed by atoms with Crippen LogP contribution in [0.15, 0.2) is 96.0 Å². The van der Waals surface area contributed by atoms with Crippen molar-refractivity contribution in [3.05, 3.63) is 108 Å². The molecule has 98 heavy (non-hydrogen) atoms. The van der Waals surface area contributed by atoms with Crippen LogP contribution in [0.5, 0.6) is 0 Å². The Bertz CT molecular complexity index is 3250. The van der Waals surface area contributed by atoms with Gasteiger partial charge >= 0.3 is 17.9 Å². The molecule has 3 aromatic carbocycles. The molecule has 38 heteroatoms. The van der Waals surface area contributed by atoms with Gasteiger partial charge in [0.05, 0.1) is 50.0 Å². The Hall–Kier alpha value is -9.66. The van der Waals surface area contributed by atoms with Crippen molar-refractivity contribution >= 4 is 144 Å². The van der Waals surface area contributed by atoms with Crippen molar-refractivity contribution in [2.75, 3.05) is 54.4 Å². The summed E-state index contributed by atoms with van der Waals surface area (Å²) >= 11 is 10.3. The topological polar surface area (TPSA) is 552 Å². The SMILES string of the molecule is C[C@H](N)C(=O)N[C@@H](CSCNC(=O)Cc1ccccc1)C(=O)N[C@@H](CC(=O)O)C(=O)N[C@@H](CS)C(=O)N[C@@H](CCCN=C(N)N)C(=O)NCC(=O)N[C@@H](CC(=O)O)C(=O)N[C@@H](CS)C(=O)N[C@@H](Cc1ccccc1)C(=O)N[C@@H](CSCNC(=O)Cc1ccccc1)C(=O)NCC(=O)O. The van der Waals surface area contributed by atoms with Crippen LogP contribution in [0, 0.1) is 0 Å². The predicted octanol–water partition coefficient (Wildman–Crippen LogP) is -5.27. The number of nitrogens with two attached hydrogens (primary N) is 3. The van der Waals surface area contributed by atoms with Crippen molar-refractivity contribution in [2.45, 2.75) is 106 Å². The number of amides is 12. The number of carboxylic acids is 3. The highest BCUT2D eigenvalue weighted by atomic mass is 32.2. The summed E-state index contributed by atoms with van der Waals surface area (Å²) in [6.45, 7) is -0.566. The third-order valence-electron chi connectivity index (χ3n) is 13.4. The molecule has 0 aliphatic heterocycles. The zero-order valence-electron chi connectivity index (χ0n) is 53.0. The number of benzene rings is 3. The van der Waals surface area contributed by atoms with Crippen molar-refractivity contribution in [1.29, 1.82) is 0 Å². The molecule has 0 saturated heterocycles. The number of hydrogen-bond acceptors (Lipinski definition) is 21. The molecule has 9 atom stereocenters. The van der Waals surface area contributed by atoms with Crippen LogP contribution in [-0.2, 0) is 91.2 Å². The Balaban J connectivity index is 1.74. The number of nitrogens with one attached hydrogen (secondary N) is 12. The second-order valence-electron chi connectivity index (χ2n) is 21.4. The average molecular weight is 1440 g/mol. The predicted molar refractivity (Wildman–Crippen MR) is 366 cm³/mol. The minimum Gasteiger partial charge on any atom is -0.481 e. The van der Waals surface area contributed by atoms with Crippen molar-refractivity contribution in [1.82, 2.24) is 63.8 Å². The fraction of sp³-hybridized carbons (Fsp3) is 0.433. The molecule has 0 aromatic heterocycles. The number of thiol groups is 2. The van der Waals surface area contributed by atoms with Crippen molar-refractivity contribution < 1.29 is 87.2 Å². The van der Waals surface area contributed by atoms with Crippen molar-refractivity contribution in [3.63, 3.8) is 0 Å². The summed E-state index contributed by atoms with van der Waals surface area (Å²) in [5.74, 6) is -17.7. The monoisotopic (exact) mass is 1440 g/mol. The summed E-state index contributed by atoms with van der Waals surface area (Å²) in [5.41, 5.74) is 18.6. The highest BCUT2D eigenvalue weighted by Gasteiger charge is 2.35. The van der Waals surface area contributed by atoms with Gasteiger partial charge in [0.15, 0.2) is 5.96 Å². The highest BCUT2D eigenvalue weighted by molar-refractivity contribution is 7.99. The molecule has 0 bridgehead atoms. The lowest BCUT2D eigenvalue weighted by atomic mass is 10.0. The van der Waals surface area contributed by atoms with Crippen LogP contribution in [0.4, 0.5) is 0 Å². The highest BCUT2D eigenvalue weighted by Crippen LogP contribution is 2.11. The molecular weight excluding hydrogens is 1360 g/mol. The molecule has 3 rings (SSSR count). The normalized spacial score (nSPS) is 13.5. The maximum absolute atomic E-state index is 14.1. The number of carbonyl (C=O) groups excluding carboxylic acids is 12. The van der Waals surface area contributed by atoms with Crippen LogP contribution in [0.1, 0.15) is 49.3 Å². The zero-order valence-corrected chi connectivity index (χ0v) is 56.4.